The van der Waals surface area contributed by atoms with Crippen LogP contribution in [0.1, 0.15) is 5.56 Å². The number of aromatic nitrogens is 4. The Morgan fingerprint density at radius 2 is 2.56 bits per heavy atom. The first kappa shape index (κ1) is 12.5. The largest absolute Gasteiger partial charge is 0.316 e. The van der Waals surface area contributed by atoms with Crippen molar-refractivity contribution in [2.75, 3.05) is 11.1 Å². The van der Waals surface area contributed by atoms with E-state index in [-0.39, 0.29) is 11.7 Å². The zero-order valence-electron chi connectivity index (χ0n) is 9.32. The molecule has 0 aromatic carbocycles. The lowest BCUT2D eigenvalue weighted by atomic mass is 10.3. The summed E-state index contributed by atoms with van der Waals surface area (Å²) >= 11 is 2.55. The number of hydrogen-bond donors (Lipinski definition) is 1. The van der Waals surface area contributed by atoms with Crippen molar-refractivity contribution in [3.63, 3.8) is 0 Å². The van der Waals surface area contributed by atoms with E-state index < -0.39 is 0 Å². The minimum atomic E-state index is -0.193. The molecule has 1 amide bonds. The van der Waals surface area contributed by atoms with Crippen LogP contribution in [0.2, 0.25) is 0 Å². The molecule has 0 unspecified atom stereocenters. The summed E-state index contributed by atoms with van der Waals surface area (Å²) < 4.78 is 1.49. The lowest BCUT2D eigenvalue weighted by molar-refractivity contribution is -0.113. The number of aryl methyl sites for hydroxylation is 1. The van der Waals surface area contributed by atoms with Crippen LogP contribution in [-0.2, 0) is 11.8 Å². The van der Waals surface area contributed by atoms with Crippen LogP contribution in [0.5, 0.6) is 0 Å². The Hall–Kier alpha value is -1.92. The first-order chi connectivity index (χ1) is 8.70. The molecule has 2 aromatic rings. The number of thioether (sulfide) groups is 1. The Kier molecular flexibility index (Phi) is 3.91. The van der Waals surface area contributed by atoms with Gasteiger partial charge in [0.15, 0.2) is 0 Å². The van der Waals surface area contributed by atoms with Crippen LogP contribution in [0.4, 0.5) is 5.00 Å². The predicted molar refractivity (Wildman–Crippen MR) is 67.2 cm³/mol. The number of nitriles is 1. The number of hydrogen-bond acceptors (Lipinski definition) is 7. The first-order valence-electron chi connectivity index (χ1n) is 4.83. The lowest BCUT2D eigenvalue weighted by Crippen LogP contribution is -2.14. The lowest BCUT2D eigenvalue weighted by Gasteiger charge is -2.02. The second-order valence-electron chi connectivity index (χ2n) is 3.20. The molecule has 0 radical (unpaired) electrons. The van der Waals surface area contributed by atoms with E-state index in [4.69, 9.17) is 5.26 Å². The zero-order chi connectivity index (χ0) is 13.0. The number of nitrogens with one attached hydrogen (secondary N) is 1. The topological polar surface area (TPSA) is 96.5 Å². The number of amides is 1. The minimum absolute atomic E-state index is 0.191. The van der Waals surface area contributed by atoms with Gasteiger partial charge in [-0.2, -0.15) is 5.26 Å². The fourth-order valence-electron chi connectivity index (χ4n) is 1.13. The van der Waals surface area contributed by atoms with Crippen molar-refractivity contribution in [1.82, 2.24) is 20.2 Å². The molecular formula is C9H8N6OS2. The molecule has 0 aliphatic heterocycles. The Morgan fingerprint density at radius 1 is 1.72 bits per heavy atom. The molecule has 0 aliphatic carbocycles. The van der Waals surface area contributed by atoms with Crippen molar-refractivity contribution in [1.29, 1.82) is 5.26 Å². The van der Waals surface area contributed by atoms with Crippen LogP contribution in [0.15, 0.2) is 16.6 Å². The van der Waals surface area contributed by atoms with Crippen LogP contribution < -0.4 is 5.32 Å². The van der Waals surface area contributed by atoms with E-state index in [1.54, 1.807) is 18.5 Å². The van der Waals surface area contributed by atoms with E-state index in [0.717, 1.165) is 0 Å². The number of nitrogens with zero attached hydrogens (tertiary/aromatic N) is 5. The number of anilines is 1. The molecule has 92 valence electrons. The van der Waals surface area contributed by atoms with Crippen LogP contribution in [-0.4, -0.2) is 31.9 Å². The monoisotopic (exact) mass is 280 g/mol. The van der Waals surface area contributed by atoms with Gasteiger partial charge in [-0.25, -0.2) is 4.68 Å². The second-order valence-corrected chi connectivity index (χ2v) is 5.06. The maximum atomic E-state index is 11.7. The maximum Gasteiger partial charge on any atom is 0.235 e. The molecule has 0 atom stereocenters. The Labute approximate surface area is 111 Å². The van der Waals surface area contributed by atoms with Crippen LogP contribution in [0.25, 0.3) is 0 Å². The van der Waals surface area contributed by atoms with Gasteiger partial charge in [-0.3, -0.25) is 4.79 Å². The molecule has 0 aliphatic rings. The zero-order valence-corrected chi connectivity index (χ0v) is 11.0. The van der Waals surface area contributed by atoms with Crippen molar-refractivity contribution in [3.8, 4) is 6.07 Å². The number of tetrazole rings is 1. The van der Waals surface area contributed by atoms with E-state index in [1.807, 2.05) is 6.07 Å². The van der Waals surface area contributed by atoms with Crippen LogP contribution in [0.3, 0.4) is 0 Å². The van der Waals surface area contributed by atoms with Gasteiger partial charge in [-0.15, -0.1) is 16.4 Å². The maximum absolute atomic E-state index is 11.7. The highest BCUT2D eigenvalue weighted by Crippen LogP contribution is 2.22. The molecule has 0 saturated carbocycles. The molecule has 7 nitrogen and oxygen atoms in total. The third kappa shape index (κ3) is 2.85. The number of rotatable bonds is 4. The summed E-state index contributed by atoms with van der Waals surface area (Å²) in [4.78, 5) is 11.7. The summed E-state index contributed by atoms with van der Waals surface area (Å²) in [5.74, 6) is -0.00119. The molecule has 9 heteroatoms. The number of thiophene rings is 1. The summed E-state index contributed by atoms with van der Waals surface area (Å²) in [5, 5.41) is 25.3. The quantitative estimate of drug-likeness (QED) is 0.835. The smallest absolute Gasteiger partial charge is 0.235 e. The van der Waals surface area contributed by atoms with Gasteiger partial charge >= 0.3 is 0 Å². The SMILES string of the molecule is Cn1nnnc1SCC(=O)Nc1sccc1C#N. The third-order valence-corrected chi connectivity index (χ3v) is 3.79. The average molecular weight is 280 g/mol. The van der Waals surface area contributed by atoms with Crippen molar-refractivity contribution in [2.45, 2.75) is 5.16 Å². The summed E-state index contributed by atoms with van der Waals surface area (Å²) in [6.07, 6.45) is 0. The predicted octanol–water partition coefficient (Wildman–Crippen LogP) is 0.874. The molecule has 2 aromatic heterocycles. The van der Waals surface area contributed by atoms with Crippen molar-refractivity contribution >= 4 is 34.0 Å². The molecule has 0 spiro atoms. The second kappa shape index (κ2) is 5.61. The molecule has 0 fully saturated rings. The average Bonchev–Trinajstić information content (AvgIpc) is 2.95. The summed E-state index contributed by atoms with van der Waals surface area (Å²) in [6, 6.07) is 3.68. The van der Waals surface area contributed by atoms with Gasteiger partial charge in [0, 0.05) is 7.05 Å². The summed E-state index contributed by atoms with van der Waals surface area (Å²) in [6.45, 7) is 0. The number of carbonyl (C=O) groups excluding carboxylic acids is 1. The highest BCUT2D eigenvalue weighted by atomic mass is 32.2. The van der Waals surface area contributed by atoms with Crippen LogP contribution in [0, 0.1) is 11.3 Å². The first-order valence-corrected chi connectivity index (χ1v) is 6.70. The summed E-state index contributed by atoms with van der Waals surface area (Å²) in [5.41, 5.74) is 0.471. The van der Waals surface area contributed by atoms with Crippen molar-refractivity contribution < 1.29 is 4.79 Å². The molecular weight excluding hydrogens is 272 g/mol. The Balaban J connectivity index is 1.90. The van der Waals surface area contributed by atoms with E-state index in [1.165, 1.54) is 27.8 Å². The van der Waals surface area contributed by atoms with E-state index in [0.29, 0.717) is 15.7 Å². The Bertz CT molecular complexity index is 598. The highest BCUT2D eigenvalue weighted by Gasteiger charge is 2.10. The molecule has 1 N–H and O–H groups in total. The third-order valence-electron chi connectivity index (χ3n) is 1.95. The molecule has 18 heavy (non-hydrogen) atoms. The standard InChI is InChI=1S/C9H8N6OS2/c1-15-9(12-13-14-15)18-5-7(16)11-8-6(4-10)2-3-17-8/h2-3H,5H2,1H3,(H,11,16). The molecule has 2 heterocycles. The molecule has 2 rings (SSSR count). The van der Waals surface area contributed by atoms with E-state index >= 15 is 0 Å². The van der Waals surface area contributed by atoms with E-state index in [2.05, 4.69) is 20.8 Å². The Morgan fingerprint density at radius 3 is 3.22 bits per heavy atom. The fourth-order valence-corrected chi connectivity index (χ4v) is 2.53. The van der Waals surface area contributed by atoms with Gasteiger partial charge in [0.1, 0.15) is 11.1 Å². The van der Waals surface area contributed by atoms with Gasteiger partial charge in [-0.1, -0.05) is 11.8 Å². The van der Waals surface area contributed by atoms with Gasteiger partial charge < -0.3 is 5.32 Å². The normalized spacial score (nSPS) is 10.0. The van der Waals surface area contributed by atoms with Gasteiger partial charge in [0.2, 0.25) is 11.1 Å². The van der Waals surface area contributed by atoms with Crippen molar-refractivity contribution in [3.05, 3.63) is 17.0 Å². The highest BCUT2D eigenvalue weighted by molar-refractivity contribution is 7.99. The minimum Gasteiger partial charge on any atom is -0.316 e. The van der Waals surface area contributed by atoms with E-state index in [9.17, 15) is 4.79 Å². The molecule has 0 bridgehead atoms. The van der Waals surface area contributed by atoms with Gasteiger partial charge in [0.05, 0.1) is 11.3 Å². The summed E-state index contributed by atoms with van der Waals surface area (Å²) in [7, 11) is 1.70. The van der Waals surface area contributed by atoms with Gasteiger partial charge in [0.25, 0.3) is 0 Å². The fraction of sp³-hybridized carbons (Fsp3) is 0.222. The molecule has 0 saturated heterocycles. The van der Waals surface area contributed by atoms with Gasteiger partial charge in [-0.05, 0) is 21.9 Å². The number of carbonyl (C=O) groups is 1. The van der Waals surface area contributed by atoms with Crippen LogP contribution >= 0.6 is 23.1 Å². The van der Waals surface area contributed by atoms with Crippen molar-refractivity contribution in [2.24, 2.45) is 7.05 Å².